The highest BCUT2D eigenvalue weighted by Crippen LogP contribution is 2.35. The fourth-order valence-corrected chi connectivity index (χ4v) is 4.86. The normalized spacial score (nSPS) is 19.0. The molecule has 0 spiro atoms. The number of aryl methyl sites for hydroxylation is 1. The first-order valence-electron chi connectivity index (χ1n) is 11.7. The van der Waals surface area contributed by atoms with Gasteiger partial charge < -0.3 is 15.0 Å². The van der Waals surface area contributed by atoms with E-state index in [0.29, 0.717) is 32.6 Å². The van der Waals surface area contributed by atoms with E-state index < -0.39 is 5.41 Å². The van der Waals surface area contributed by atoms with Gasteiger partial charge in [-0.3, -0.25) is 9.69 Å². The molecule has 0 atom stereocenters. The predicted octanol–water partition coefficient (Wildman–Crippen LogP) is 3.51. The molecule has 4 rings (SSSR count). The van der Waals surface area contributed by atoms with Crippen LogP contribution in [-0.2, 0) is 14.9 Å². The maximum Gasteiger partial charge on any atom is 0.230 e. The summed E-state index contributed by atoms with van der Waals surface area (Å²) in [4.78, 5) is 18.1. The van der Waals surface area contributed by atoms with Crippen LogP contribution in [0.25, 0.3) is 0 Å². The predicted molar refractivity (Wildman–Crippen MR) is 126 cm³/mol. The van der Waals surface area contributed by atoms with Crippen molar-refractivity contribution in [1.82, 2.24) is 10.2 Å². The van der Waals surface area contributed by atoms with E-state index in [1.54, 1.807) is 12.1 Å². The summed E-state index contributed by atoms with van der Waals surface area (Å²) in [5, 5.41) is 3.16. The number of carbonyl (C=O) groups is 1. The molecular weight excluding hydrogens is 405 g/mol. The number of nitrogens with one attached hydrogen (secondary N) is 1. The molecule has 6 heteroatoms. The van der Waals surface area contributed by atoms with Crippen LogP contribution in [0.3, 0.4) is 0 Å². The van der Waals surface area contributed by atoms with Gasteiger partial charge in [0.05, 0.1) is 5.41 Å². The maximum atomic E-state index is 13.4. The van der Waals surface area contributed by atoms with Gasteiger partial charge in [0.2, 0.25) is 5.91 Å². The largest absolute Gasteiger partial charge is 0.381 e. The van der Waals surface area contributed by atoms with Crippen molar-refractivity contribution in [2.75, 3.05) is 57.4 Å². The first-order valence-corrected chi connectivity index (χ1v) is 11.7. The number of nitrogens with zero attached hydrogens (tertiary/aromatic N) is 2. The molecule has 1 N–H and O–H groups in total. The zero-order valence-corrected chi connectivity index (χ0v) is 19.0. The lowest BCUT2D eigenvalue weighted by atomic mass is 9.73. The van der Waals surface area contributed by atoms with E-state index in [1.165, 1.54) is 23.4 Å². The third-order valence-corrected chi connectivity index (χ3v) is 6.85. The van der Waals surface area contributed by atoms with Crippen LogP contribution in [0.15, 0.2) is 48.5 Å². The Balaban J connectivity index is 1.24. The highest BCUT2D eigenvalue weighted by Gasteiger charge is 2.41. The lowest BCUT2D eigenvalue weighted by Gasteiger charge is -2.37. The average Bonchev–Trinajstić information content (AvgIpc) is 2.83. The molecule has 0 saturated carbocycles. The average molecular weight is 440 g/mol. The molecule has 0 unspecified atom stereocenters. The minimum Gasteiger partial charge on any atom is -0.381 e. The quantitative estimate of drug-likeness (QED) is 0.671. The molecule has 2 heterocycles. The third-order valence-electron chi connectivity index (χ3n) is 6.85. The first-order chi connectivity index (χ1) is 15.6. The molecule has 0 radical (unpaired) electrons. The number of benzene rings is 2. The number of ether oxygens (including phenoxy) is 1. The summed E-state index contributed by atoms with van der Waals surface area (Å²) in [6.07, 6.45) is 2.18. The van der Waals surface area contributed by atoms with Gasteiger partial charge in [0.15, 0.2) is 0 Å². The van der Waals surface area contributed by atoms with Crippen molar-refractivity contribution < 1.29 is 13.9 Å². The van der Waals surface area contributed by atoms with Crippen LogP contribution in [-0.4, -0.2) is 63.3 Å². The van der Waals surface area contributed by atoms with Crippen LogP contribution < -0.4 is 10.2 Å². The third kappa shape index (κ3) is 5.30. The fourth-order valence-electron chi connectivity index (χ4n) is 4.86. The van der Waals surface area contributed by atoms with E-state index in [1.807, 2.05) is 0 Å². The Morgan fingerprint density at radius 1 is 1.06 bits per heavy atom. The molecular formula is C26H34FN3O2. The van der Waals surface area contributed by atoms with E-state index in [0.717, 1.165) is 44.7 Å². The van der Waals surface area contributed by atoms with Gasteiger partial charge in [0.25, 0.3) is 0 Å². The van der Waals surface area contributed by atoms with E-state index in [-0.39, 0.29) is 11.7 Å². The molecule has 0 bridgehead atoms. The van der Waals surface area contributed by atoms with Gasteiger partial charge in [-0.25, -0.2) is 4.39 Å². The Morgan fingerprint density at radius 2 is 1.78 bits per heavy atom. The van der Waals surface area contributed by atoms with Gasteiger partial charge in [-0.15, -0.1) is 0 Å². The van der Waals surface area contributed by atoms with Gasteiger partial charge in [0.1, 0.15) is 5.82 Å². The summed E-state index contributed by atoms with van der Waals surface area (Å²) >= 11 is 0. The van der Waals surface area contributed by atoms with Gasteiger partial charge in [-0.05, 0) is 68.1 Å². The Hall–Kier alpha value is -2.44. The van der Waals surface area contributed by atoms with Gasteiger partial charge >= 0.3 is 0 Å². The van der Waals surface area contributed by atoms with Crippen LogP contribution in [0.1, 0.15) is 30.4 Å². The molecule has 2 aliphatic heterocycles. The molecule has 2 aromatic rings. The number of rotatable bonds is 7. The second kappa shape index (κ2) is 10.5. The maximum absolute atomic E-state index is 13.4. The van der Waals surface area contributed by atoms with E-state index in [4.69, 9.17) is 4.74 Å². The molecule has 1 amide bonds. The van der Waals surface area contributed by atoms with Crippen molar-refractivity contribution in [3.05, 3.63) is 65.5 Å². The summed E-state index contributed by atoms with van der Waals surface area (Å²) < 4.78 is 18.9. The molecule has 32 heavy (non-hydrogen) atoms. The number of amides is 1. The Bertz CT molecular complexity index is 888. The molecule has 2 aromatic carbocycles. The number of carbonyl (C=O) groups excluding carboxylic acids is 1. The van der Waals surface area contributed by atoms with Crippen molar-refractivity contribution in [3.8, 4) is 0 Å². The Morgan fingerprint density at radius 3 is 2.47 bits per heavy atom. The summed E-state index contributed by atoms with van der Waals surface area (Å²) in [7, 11) is 0. The summed E-state index contributed by atoms with van der Waals surface area (Å²) in [5.41, 5.74) is 2.86. The molecule has 2 fully saturated rings. The molecule has 172 valence electrons. The van der Waals surface area contributed by atoms with Crippen molar-refractivity contribution in [2.24, 2.45) is 0 Å². The van der Waals surface area contributed by atoms with Crippen LogP contribution in [0.2, 0.25) is 0 Å². The second-order valence-corrected chi connectivity index (χ2v) is 8.98. The highest BCUT2D eigenvalue weighted by molar-refractivity contribution is 5.88. The number of piperazine rings is 1. The van der Waals surface area contributed by atoms with Crippen molar-refractivity contribution in [2.45, 2.75) is 31.6 Å². The van der Waals surface area contributed by atoms with Gasteiger partial charge in [-0.2, -0.15) is 0 Å². The molecule has 0 aliphatic carbocycles. The van der Waals surface area contributed by atoms with Gasteiger partial charge in [0, 0.05) is 51.6 Å². The smallest absolute Gasteiger partial charge is 0.230 e. The van der Waals surface area contributed by atoms with Crippen molar-refractivity contribution in [3.63, 3.8) is 0 Å². The highest BCUT2D eigenvalue weighted by atomic mass is 19.1. The zero-order chi connectivity index (χ0) is 22.4. The molecule has 2 aliphatic rings. The van der Waals surface area contributed by atoms with E-state index in [9.17, 15) is 9.18 Å². The van der Waals surface area contributed by atoms with Crippen LogP contribution in [0.5, 0.6) is 0 Å². The minimum absolute atomic E-state index is 0.0386. The standard InChI is InChI=1S/C26H34FN3O2/c1-21-4-2-5-24(20-21)30-16-14-29(15-17-30)13-3-12-28-25(31)26(10-18-32-19-11-26)22-6-8-23(27)9-7-22/h2,4-9,20H,3,10-19H2,1H3,(H,28,31). The lowest BCUT2D eigenvalue weighted by molar-refractivity contribution is -0.130. The fraction of sp³-hybridized carbons (Fsp3) is 0.500. The van der Waals surface area contributed by atoms with E-state index >= 15 is 0 Å². The Kier molecular flexibility index (Phi) is 7.43. The van der Waals surface area contributed by atoms with E-state index in [2.05, 4.69) is 46.3 Å². The van der Waals surface area contributed by atoms with Crippen LogP contribution in [0.4, 0.5) is 10.1 Å². The SMILES string of the molecule is Cc1cccc(N2CCN(CCCNC(=O)C3(c4ccc(F)cc4)CCOCC3)CC2)c1. The topological polar surface area (TPSA) is 44.8 Å². The number of anilines is 1. The number of hydrogen-bond donors (Lipinski definition) is 1. The number of halogens is 1. The zero-order valence-electron chi connectivity index (χ0n) is 19.0. The minimum atomic E-state index is -0.620. The summed E-state index contributed by atoms with van der Waals surface area (Å²) in [6, 6.07) is 15.1. The Labute approximate surface area is 190 Å². The molecule has 2 saturated heterocycles. The van der Waals surface area contributed by atoms with Crippen molar-refractivity contribution in [1.29, 1.82) is 0 Å². The van der Waals surface area contributed by atoms with Crippen LogP contribution in [0, 0.1) is 12.7 Å². The van der Waals surface area contributed by atoms with Gasteiger partial charge in [-0.1, -0.05) is 24.3 Å². The molecule has 0 aromatic heterocycles. The lowest BCUT2D eigenvalue weighted by Crippen LogP contribution is -2.49. The molecule has 5 nitrogen and oxygen atoms in total. The summed E-state index contributed by atoms with van der Waals surface area (Å²) in [5.74, 6) is -0.240. The van der Waals surface area contributed by atoms with Crippen LogP contribution >= 0.6 is 0 Å². The van der Waals surface area contributed by atoms with Crippen molar-refractivity contribution >= 4 is 11.6 Å². The first kappa shape index (κ1) is 22.7. The second-order valence-electron chi connectivity index (χ2n) is 8.98. The monoisotopic (exact) mass is 439 g/mol. The number of hydrogen-bond acceptors (Lipinski definition) is 4. The summed E-state index contributed by atoms with van der Waals surface area (Å²) in [6.45, 7) is 9.01.